The quantitative estimate of drug-likeness (QED) is 0.881. The van der Waals surface area contributed by atoms with Crippen molar-refractivity contribution in [3.63, 3.8) is 0 Å². The third-order valence-electron chi connectivity index (χ3n) is 4.19. The molecule has 1 aliphatic rings. The van der Waals surface area contributed by atoms with Crippen molar-refractivity contribution in [1.82, 2.24) is 9.88 Å². The number of nitrogens with zero attached hydrogens (tertiary/aromatic N) is 3. The van der Waals surface area contributed by atoms with Crippen molar-refractivity contribution < 1.29 is 9.15 Å². The van der Waals surface area contributed by atoms with Crippen LogP contribution in [-0.2, 0) is 10.2 Å². The van der Waals surface area contributed by atoms with Crippen molar-refractivity contribution in [1.29, 1.82) is 5.26 Å². The molecule has 2 aromatic rings. The van der Waals surface area contributed by atoms with Crippen LogP contribution < -0.4 is 5.32 Å². The third-order valence-corrected chi connectivity index (χ3v) is 5.16. The van der Waals surface area contributed by atoms with Gasteiger partial charge in [0.1, 0.15) is 6.07 Å². The number of anilines is 1. The molecule has 3 heterocycles. The van der Waals surface area contributed by atoms with Crippen LogP contribution in [0.3, 0.4) is 0 Å². The largest absolute Gasteiger partial charge is 0.423 e. The topological polar surface area (TPSA) is 74.3 Å². The highest BCUT2D eigenvalue weighted by Crippen LogP contribution is 2.29. The van der Waals surface area contributed by atoms with E-state index in [0.717, 1.165) is 26.3 Å². The van der Waals surface area contributed by atoms with Gasteiger partial charge in [0, 0.05) is 29.9 Å². The second-order valence-electron chi connectivity index (χ2n) is 7.12. The van der Waals surface area contributed by atoms with E-state index in [1.165, 1.54) is 4.88 Å². The van der Waals surface area contributed by atoms with Crippen LogP contribution in [0.4, 0.5) is 5.88 Å². The molecule has 1 saturated heterocycles. The summed E-state index contributed by atoms with van der Waals surface area (Å²) in [5, 5.41) is 14.8. The molecule has 25 heavy (non-hydrogen) atoms. The minimum atomic E-state index is -0.233. The van der Waals surface area contributed by atoms with E-state index in [0.29, 0.717) is 24.0 Å². The Labute approximate surface area is 152 Å². The molecule has 0 amide bonds. The summed E-state index contributed by atoms with van der Waals surface area (Å²) in [4.78, 5) is 8.04. The molecule has 0 aromatic carbocycles. The second-order valence-corrected chi connectivity index (χ2v) is 8.10. The van der Waals surface area contributed by atoms with E-state index in [1.54, 1.807) is 11.3 Å². The van der Waals surface area contributed by atoms with Crippen molar-refractivity contribution in [3.05, 3.63) is 34.0 Å². The van der Waals surface area contributed by atoms with Crippen LogP contribution in [0.2, 0.25) is 0 Å². The molecule has 0 spiro atoms. The molecule has 134 valence electrons. The Morgan fingerprint density at radius 3 is 2.76 bits per heavy atom. The van der Waals surface area contributed by atoms with Gasteiger partial charge in [0.15, 0.2) is 0 Å². The van der Waals surface area contributed by atoms with Gasteiger partial charge in [-0.25, -0.2) is 0 Å². The maximum Gasteiger partial charge on any atom is 0.232 e. The van der Waals surface area contributed by atoms with E-state index in [2.05, 4.69) is 38.8 Å². The Balaban J connectivity index is 1.77. The minimum absolute atomic E-state index is 0.221. The van der Waals surface area contributed by atoms with E-state index in [9.17, 15) is 5.26 Å². The summed E-state index contributed by atoms with van der Waals surface area (Å²) in [6.07, 6.45) is 0. The third kappa shape index (κ3) is 4.21. The van der Waals surface area contributed by atoms with Gasteiger partial charge in [0.05, 0.1) is 19.3 Å². The lowest BCUT2D eigenvalue weighted by molar-refractivity contribution is 0.0193. The fourth-order valence-corrected chi connectivity index (χ4v) is 3.67. The number of hydrogen-bond acceptors (Lipinski definition) is 7. The van der Waals surface area contributed by atoms with Crippen LogP contribution >= 0.6 is 11.3 Å². The number of hydrogen-bond donors (Lipinski definition) is 1. The predicted octanol–water partition coefficient (Wildman–Crippen LogP) is 3.39. The second kappa shape index (κ2) is 7.56. The lowest BCUT2D eigenvalue weighted by Gasteiger charge is -2.34. The van der Waals surface area contributed by atoms with Gasteiger partial charge in [-0.3, -0.25) is 4.90 Å². The van der Waals surface area contributed by atoms with Gasteiger partial charge in [0.2, 0.25) is 17.5 Å². The molecular weight excluding hydrogens is 336 g/mol. The molecule has 2 aromatic heterocycles. The Morgan fingerprint density at radius 1 is 1.40 bits per heavy atom. The summed E-state index contributed by atoms with van der Waals surface area (Å²) in [6, 6.07) is 6.57. The SMILES string of the molecule is CC(C)(C)c1nc(C#N)c(NC[C@@H](c2cccs2)N2CCOCC2)o1. The van der Waals surface area contributed by atoms with Crippen molar-refractivity contribution in [2.24, 2.45) is 0 Å². The van der Waals surface area contributed by atoms with Crippen molar-refractivity contribution in [2.75, 3.05) is 38.2 Å². The van der Waals surface area contributed by atoms with Gasteiger partial charge in [-0.2, -0.15) is 10.2 Å². The molecule has 0 radical (unpaired) electrons. The highest BCUT2D eigenvalue weighted by atomic mass is 32.1. The predicted molar refractivity (Wildman–Crippen MR) is 97.9 cm³/mol. The Kier molecular flexibility index (Phi) is 5.42. The molecule has 1 aliphatic heterocycles. The number of aromatic nitrogens is 1. The van der Waals surface area contributed by atoms with Gasteiger partial charge < -0.3 is 14.5 Å². The first kappa shape index (κ1) is 17.9. The fraction of sp³-hybridized carbons (Fsp3) is 0.556. The summed E-state index contributed by atoms with van der Waals surface area (Å²) in [5.41, 5.74) is 0.0833. The van der Waals surface area contributed by atoms with Crippen molar-refractivity contribution >= 4 is 17.2 Å². The molecule has 0 saturated carbocycles. The lowest BCUT2D eigenvalue weighted by atomic mass is 9.97. The van der Waals surface area contributed by atoms with E-state index in [4.69, 9.17) is 9.15 Å². The van der Waals surface area contributed by atoms with Crippen LogP contribution in [0.1, 0.15) is 43.3 Å². The summed E-state index contributed by atoms with van der Waals surface area (Å²) in [6.45, 7) is 10.0. The minimum Gasteiger partial charge on any atom is -0.423 e. The van der Waals surface area contributed by atoms with Crippen molar-refractivity contribution in [2.45, 2.75) is 32.2 Å². The summed E-state index contributed by atoms with van der Waals surface area (Å²) < 4.78 is 11.3. The number of rotatable bonds is 5. The maximum absolute atomic E-state index is 9.36. The molecule has 3 rings (SSSR count). The summed E-state index contributed by atoms with van der Waals surface area (Å²) in [7, 11) is 0. The summed E-state index contributed by atoms with van der Waals surface area (Å²) in [5.74, 6) is 1.04. The monoisotopic (exact) mass is 360 g/mol. The van der Waals surface area contributed by atoms with Crippen LogP contribution in [0.15, 0.2) is 21.9 Å². The number of ether oxygens (including phenoxy) is 1. The van der Waals surface area contributed by atoms with E-state index in [-0.39, 0.29) is 11.5 Å². The Morgan fingerprint density at radius 2 is 2.16 bits per heavy atom. The molecule has 0 aliphatic carbocycles. The highest BCUT2D eigenvalue weighted by molar-refractivity contribution is 7.10. The fourth-order valence-electron chi connectivity index (χ4n) is 2.81. The smallest absolute Gasteiger partial charge is 0.232 e. The van der Waals surface area contributed by atoms with Crippen molar-refractivity contribution in [3.8, 4) is 6.07 Å². The van der Waals surface area contributed by atoms with E-state index in [1.807, 2.05) is 20.8 Å². The van der Waals surface area contributed by atoms with Crippen LogP contribution in [-0.4, -0.2) is 42.7 Å². The van der Waals surface area contributed by atoms with Gasteiger partial charge in [-0.15, -0.1) is 11.3 Å². The molecule has 6 nitrogen and oxygen atoms in total. The molecule has 1 N–H and O–H groups in total. The average Bonchev–Trinajstić information content (AvgIpc) is 3.25. The average molecular weight is 360 g/mol. The number of nitriles is 1. The Hall–Kier alpha value is -1.88. The summed E-state index contributed by atoms with van der Waals surface area (Å²) >= 11 is 1.75. The van der Waals surface area contributed by atoms with Crippen LogP contribution in [0.25, 0.3) is 0 Å². The number of thiophene rings is 1. The molecular formula is C18H24N4O2S. The van der Waals surface area contributed by atoms with Gasteiger partial charge in [0.25, 0.3) is 0 Å². The Bertz CT molecular complexity index is 721. The zero-order valence-electron chi connectivity index (χ0n) is 14.9. The van der Waals surface area contributed by atoms with Gasteiger partial charge in [-0.1, -0.05) is 26.8 Å². The zero-order valence-corrected chi connectivity index (χ0v) is 15.7. The van der Waals surface area contributed by atoms with Gasteiger partial charge >= 0.3 is 0 Å². The van der Waals surface area contributed by atoms with E-state index < -0.39 is 0 Å². The standard InChI is InChI=1S/C18H24N4O2S/c1-18(2,3)17-21-13(11-19)16(24-17)20-12-14(15-5-4-10-25-15)22-6-8-23-9-7-22/h4-5,10,14,20H,6-9,12H2,1-3H3/t14-/m0/s1. The first-order chi connectivity index (χ1) is 12.0. The van der Waals surface area contributed by atoms with Crippen LogP contribution in [0, 0.1) is 11.3 Å². The van der Waals surface area contributed by atoms with Crippen LogP contribution in [0.5, 0.6) is 0 Å². The zero-order chi connectivity index (χ0) is 17.9. The molecule has 1 fully saturated rings. The molecule has 0 bridgehead atoms. The number of nitrogens with one attached hydrogen (secondary N) is 1. The molecule has 1 atom stereocenters. The normalized spacial score (nSPS) is 17.2. The lowest BCUT2D eigenvalue weighted by Crippen LogP contribution is -2.41. The first-order valence-corrected chi connectivity index (χ1v) is 9.37. The van der Waals surface area contributed by atoms with Gasteiger partial charge in [-0.05, 0) is 11.4 Å². The number of oxazole rings is 1. The van der Waals surface area contributed by atoms with E-state index >= 15 is 0 Å². The molecule has 7 heteroatoms. The first-order valence-electron chi connectivity index (χ1n) is 8.49. The maximum atomic E-state index is 9.36. The highest BCUT2D eigenvalue weighted by Gasteiger charge is 2.26. The molecule has 0 unspecified atom stereocenters. The number of morpholine rings is 1.